The van der Waals surface area contributed by atoms with Gasteiger partial charge in [-0.1, -0.05) is 40.5 Å². The van der Waals surface area contributed by atoms with E-state index in [1.54, 1.807) is 0 Å². The van der Waals surface area contributed by atoms with Crippen molar-refractivity contribution in [1.29, 1.82) is 0 Å². The number of nitrogens with zero attached hydrogens (tertiary/aromatic N) is 2. The molecule has 0 unspecified atom stereocenters. The average Bonchev–Trinajstić information content (AvgIpc) is 3.31. The molecule has 1 atom stereocenters. The molecule has 1 aliphatic carbocycles. The van der Waals surface area contributed by atoms with Crippen molar-refractivity contribution in [2.24, 2.45) is 11.3 Å². The fraction of sp³-hybridized carbons (Fsp3) is 0.737. The molecule has 1 saturated heterocycles. The van der Waals surface area contributed by atoms with Gasteiger partial charge in [0.1, 0.15) is 0 Å². The minimum absolute atomic E-state index is 0.269. The molecule has 22 heavy (non-hydrogen) atoms. The van der Waals surface area contributed by atoms with E-state index >= 15 is 0 Å². The number of aromatic nitrogens is 1. The molecule has 3 nitrogen and oxygen atoms in total. The largest absolute Gasteiger partial charge is 0.374 e. The SMILES string of the molecule is CC(C)c1ccc(N2CCO[C@H](C(C)(C)CC3CC3)C2)cn1. The quantitative estimate of drug-likeness (QED) is 0.813. The first kappa shape index (κ1) is 15.8. The molecule has 0 N–H and O–H groups in total. The summed E-state index contributed by atoms with van der Waals surface area (Å²) in [7, 11) is 0. The Hall–Kier alpha value is -1.09. The van der Waals surface area contributed by atoms with Crippen LogP contribution in [-0.4, -0.2) is 30.8 Å². The highest BCUT2D eigenvalue weighted by Gasteiger charge is 2.38. The van der Waals surface area contributed by atoms with Crippen molar-refractivity contribution in [3.05, 3.63) is 24.0 Å². The molecule has 2 heterocycles. The lowest BCUT2D eigenvalue weighted by molar-refractivity contribution is -0.0398. The van der Waals surface area contributed by atoms with Gasteiger partial charge in [0.15, 0.2) is 0 Å². The average molecular weight is 302 g/mol. The van der Waals surface area contributed by atoms with Crippen LogP contribution in [-0.2, 0) is 4.74 Å². The summed E-state index contributed by atoms with van der Waals surface area (Å²) in [5.74, 6) is 1.44. The third-order valence-electron chi connectivity index (χ3n) is 5.18. The molecule has 3 rings (SSSR count). The van der Waals surface area contributed by atoms with E-state index in [9.17, 15) is 0 Å². The number of hydrogen-bond donors (Lipinski definition) is 0. The van der Waals surface area contributed by atoms with Gasteiger partial charge in [-0.15, -0.1) is 0 Å². The van der Waals surface area contributed by atoms with E-state index in [2.05, 4.69) is 49.7 Å². The van der Waals surface area contributed by atoms with Crippen LogP contribution in [0.25, 0.3) is 0 Å². The lowest BCUT2D eigenvalue weighted by atomic mass is 9.80. The van der Waals surface area contributed by atoms with E-state index in [1.807, 2.05) is 6.20 Å². The second-order valence-corrected chi connectivity index (χ2v) is 8.04. The molecule has 0 amide bonds. The third kappa shape index (κ3) is 3.62. The van der Waals surface area contributed by atoms with E-state index in [1.165, 1.54) is 30.6 Å². The number of hydrogen-bond acceptors (Lipinski definition) is 3. The normalized spacial score (nSPS) is 23.1. The highest BCUT2D eigenvalue weighted by Crippen LogP contribution is 2.43. The van der Waals surface area contributed by atoms with Crippen molar-refractivity contribution in [2.45, 2.75) is 59.0 Å². The van der Waals surface area contributed by atoms with Crippen molar-refractivity contribution < 1.29 is 4.74 Å². The van der Waals surface area contributed by atoms with E-state index in [-0.39, 0.29) is 5.41 Å². The Labute approximate surface area is 135 Å². The van der Waals surface area contributed by atoms with Crippen LogP contribution in [0.15, 0.2) is 18.3 Å². The number of rotatable bonds is 5. The van der Waals surface area contributed by atoms with Gasteiger partial charge < -0.3 is 9.64 Å². The molecule has 0 bridgehead atoms. The topological polar surface area (TPSA) is 25.4 Å². The van der Waals surface area contributed by atoms with Gasteiger partial charge in [0.25, 0.3) is 0 Å². The van der Waals surface area contributed by atoms with Crippen LogP contribution in [0.1, 0.15) is 58.6 Å². The Kier molecular flexibility index (Phi) is 4.44. The molecule has 0 aromatic carbocycles. The van der Waals surface area contributed by atoms with E-state index in [0.29, 0.717) is 12.0 Å². The molecule has 122 valence electrons. The van der Waals surface area contributed by atoms with Crippen LogP contribution < -0.4 is 4.90 Å². The minimum Gasteiger partial charge on any atom is -0.374 e. The number of pyridine rings is 1. The van der Waals surface area contributed by atoms with E-state index < -0.39 is 0 Å². The predicted molar refractivity (Wildman–Crippen MR) is 91.4 cm³/mol. The fourth-order valence-electron chi connectivity index (χ4n) is 3.48. The van der Waals surface area contributed by atoms with Gasteiger partial charge in [0.05, 0.1) is 24.6 Å². The Morgan fingerprint density at radius 2 is 2.09 bits per heavy atom. The summed E-state index contributed by atoms with van der Waals surface area (Å²) in [6.45, 7) is 11.9. The Bertz CT molecular complexity index is 491. The monoisotopic (exact) mass is 302 g/mol. The maximum atomic E-state index is 6.12. The smallest absolute Gasteiger partial charge is 0.0801 e. The second kappa shape index (κ2) is 6.19. The van der Waals surface area contributed by atoms with E-state index in [0.717, 1.165) is 25.6 Å². The zero-order chi connectivity index (χ0) is 15.7. The van der Waals surface area contributed by atoms with Crippen LogP contribution in [0.5, 0.6) is 0 Å². The van der Waals surface area contributed by atoms with Gasteiger partial charge in [-0.3, -0.25) is 4.98 Å². The second-order valence-electron chi connectivity index (χ2n) is 8.04. The Balaban J connectivity index is 1.66. The summed E-state index contributed by atoms with van der Waals surface area (Å²) >= 11 is 0. The van der Waals surface area contributed by atoms with Gasteiger partial charge in [-0.05, 0) is 35.8 Å². The molecular weight excluding hydrogens is 272 g/mol. The first-order valence-corrected chi connectivity index (χ1v) is 8.78. The van der Waals surface area contributed by atoms with E-state index in [4.69, 9.17) is 4.74 Å². The van der Waals surface area contributed by atoms with Crippen LogP contribution >= 0.6 is 0 Å². The van der Waals surface area contributed by atoms with Gasteiger partial charge in [-0.2, -0.15) is 0 Å². The Morgan fingerprint density at radius 1 is 1.32 bits per heavy atom. The molecule has 0 spiro atoms. The standard InChI is InChI=1S/C19H30N2O/c1-14(2)17-8-7-16(12-20-17)21-9-10-22-18(13-21)19(3,4)11-15-5-6-15/h7-8,12,14-15,18H,5-6,9-11,13H2,1-4H3/t18-/m0/s1. The molecule has 3 heteroatoms. The molecule has 0 radical (unpaired) electrons. The summed E-state index contributed by atoms with van der Waals surface area (Å²) in [4.78, 5) is 7.06. The zero-order valence-electron chi connectivity index (χ0n) is 14.5. The van der Waals surface area contributed by atoms with Crippen molar-refractivity contribution in [1.82, 2.24) is 4.98 Å². The predicted octanol–water partition coefficient (Wildman–Crippen LogP) is 4.24. The van der Waals surface area contributed by atoms with Crippen molar-refractivity contribution in [3.63, 3.8) is 0 Å². The first-order valence-electron chi connectivity index (χ1n) is 8.78. The summed E-state index contributed by atoms with van der Waals surface area (Å²) in [6, 6.07) is 4.39. The van der Waals surface area contributed by atoms with Gasteiger partial charge >= 0.3 is 0 Å². The summed E-state index contributed by atoms with van der Waals surface area (Å²) in [5.41, 5.74) is 2.67. The van der Waals surface area contributed by atoms with Crippen LogP contribution in [0.4, 0.5) is 5.69 Å². The maximum Gasteiger partial charge on any atom is 0.0801 e. The zero-order valence-corrected chi connectivity index (χ0v) is 14.5. The molecule has 1 saturated carbocycles. The Morgan fingerprint density at radius 3 is 2.68 bits per heavy atom. The fourth-order valence-corrected chi connectivity index (χ4v) is 3.48. The van der Waals surface area contributed by atoms with Crippen LogP contribution in [0.2, 0.25) is 0 Å². The number of anilines is 1. The summed E-state index contributed by atoms with van der Waals surface area (Å²) < 4.78 is 6.12. The van der Waals surface area contributed by atoms with Gasteiger partial charge in [0, 0.05) is 18.8 Å². The lowest BCUT2D eigenvalue weighted by Gasteiger charge is -2.42. The maximum absolute atomic E-state index is 6.12. The number of morpholine rings is 1. The van der Waals surface area contributed by atoms with Crippen molar-refractivity contribution in [3.8, 4) is 0 Å². The van der Waals surface area contributed by atoms with Crippen molar-refractivity contribution in [2.75, 3.05) is 24.6 Å². The molecule has 2 fully saturated rings. The lowest BCUT2D eigenvalue weighted by Crippen LogP contribution is -2.49. The minimum atomic E-state index is 0.269. The summed E-state index contributed by atoms with van der Waals surface area (Å²) in [5, 5.41) is 0. The summed E-state index contributed by atoms with van der Waals surface area (Å²) in [6.07, 6.45) is 6.49. The van der Waals surface area contributed by atoms with Crippen LogP contribution in [0, 0.1) is 11.3 Å². The third-order valence-corrected chi connectivity index (χ3v) is 5.18. The highest BCUT2D eigenvalue weighted by atomic mass is 16.5. The molecule has 1 aliphatic heterocycles. The van der Waals surface area contributed by atoms with Crippen LogP contribution in [0.3, 0.4) is 0 Å². The highest BCUT2D eigenvalue weighted by molar-refractivity contribution is 5.45. The molecule has 2 aliphatic rings. The van der Waals surface area contributed by atoms with Gasteiger partial charge in [-0.25, -0.2) is 0 Å². The molecular formula is C19H30N2O. The molecule has 1 aromatic rings. The first-order chi connectivity index (χ1) is 10.5. The van der Waals surface area contributed by atoms with Gasteiger partial charge in [0.2, 0.25) is 0 Å². The number of ether oxygens (including phenoxy) is 1. The van der Waals surface area contributed by atoms with Crippen molar-refractivity contribution >= 4 is 5.69 Å². The molecule has 1 aromatic heterocycles.